The van der Waals surface area contributed by atoms with Gasteiger partial charge in [0.25, 0.3) is 5.91 Å². The Labute approximate surface area is 143 Å². The molecular formula is C18H27ClN2O2. The fraction of sp³-hybridized carbons (Fsp3) is 0.611. The summed E-state index contributed by atoms with van der Waals surface area (Å²) < 4.78 is 6.02. The number of hydrogen-bond acceptors (Lipinski definition) is 3. The zero-order chi connectivity index (χ0) is 17.2. The molecule has 4 nitrogen and oxygen atoms in total. The quantitative estimate of drug-likeness (QED) is 0.918. The van der Waals surface area contributed by atoms with Crippen LogP contribution in [-0.4, -0.2) is 35.5 Å². The summed E-state index contributed by atoms with van der Waals surface area (Å²) >= 11 is 6.19. The van der Waals surface area contributed by atoms with E-state index in [0.717, 1.165) is 42.0 Å². The molecule has 128 valence electrons. The standard InChI is InChI=1S/C18H27ClN2O2/c1-12-10-15(11-13(2)16(12)19)23-18(3,4)17(22)21-8-5-6-14(20)7-9-21/h10-11,14H,5-9,20H2,1-4H3/t14-/m1/s1. The average Bonchev–Trinajstić information content (AvgIpc) is 2.68. The molecule has 0 saturated carbocycles. The summed E-state index contributed by atoms with van der Waals surface area (Å²) in [5.74, 6) is 0.686. The molecule has 1 atom stereocenters. The van der Waals surface area contributed by atoms with E-state index in [-0.39, 0.29) is 11.9 Å². The molecule has 1 amide bonds. The molecule has 0 aromatic heterocycles. The maximum absolute atomic E-state index is 12.9. The highest BCUT2D eigenvalue weighted by atomic mass is 35.5. The van der Waals surface area contributed by atoms with Crippen molar-refractivity contribution < 1.29 is 9.53 Å². The lowest BCUT2D eigenvalue weighted by Crippen LogP contribution is -2.49. The van der Waals surface area contributed by atoms with Gasteiger partial charge in [0.2, 0.25) is 0 Å². The Balaban J connectivity index is 2.12. The summed E-state index contributed by atoms with van der Waals surface area (Å²) in [5.41, 5.74) is 6.98. The summed E-state index contributed by atoms with van der Waals surface area (Å²) in [6.07, 6.45) is 2.77. The molecule has 0 radical (unpaired) electrons. The minimum atomic E-state index is -0.916. The summed E-state index contributed by atoms with van der Waals surface area (Å²) in [5, 5.41) is 0.739. The monoisotopic (exact) mass is 338 g/mol. The fourth-order valence-corrected chi connectivity index (χ4v) is 3.12. The van der Waals surface area contributed by atoms with Crippen LogP contribution in [0.3, 0.4) is 0 Å². The molecule has 1 heterocycles. The second kappa shape index (κ2) is 7.10. The topological polar surface area (TPSA) is 55.6 Å². The van der Waals surface area contributed by atoms with Crippen molar-refractivity contribution in [2.45, 2.75) is 58.6 Å². The third-order valence-electron chi connectivity index (χ3n) is 4.36. The van der Waals surface area contributed by atoms with E-state index in [2.05, 4.69) is 0 Å². The number of hydrogen-bond donors (Lipinski definition) is 1. The zero-order valence-corrected chi connectivity index (χ0v) is 15.2. The molecule has 2 rings (SSSR count). The van der Waals surface area contributed by atoms with Crippen LogP contribution in [0.15, 0.2) is 12.1 Å². The van der Waals surface area contributed by atoms with Crippen molar-refractivity contribution in [2.75, 3.05) is 13.1 Å². The van der Waals surface area contributed by atoms with Gasteiger partial charge in [-0.2, -0.15) is 0 Å². The highest BCUT2D eigenvalue weighted by Crippen LogP contribution is 2.29. The van der Waals surface area contributed by atoms with Crippen LogP contribution in [-0.2, 0) is 4.79 Å². The molecule has 0 spiro atoms. The molecule has 0 unspecified atom stereocenters. The molecule has 5 heteroatoms. The summed E-state index contributed by atoms with van der Waals surface area (Å²) in [4.78, 5) is 14.7. The first-order valence-corrected chi connectivity index (χ1v) is 8.59. The first kappa shape index (κ1) is 18.1. The van der Waals surface area contributed by atoms with E-state index >= 15 is 0 Å². The number of aryl methyl sites for hydroxylation is 2. The maximum Gasteiger partial charge on any atom is 0.266 e. The van der Waals surface area contributed by atoms with Crippen LogP contribution < -0.4 is 10.5 Å². The van der Waals surface area contributed by atoms with E-state index < -0.39 is 5.60 Å². The molecule has 1 saturated heterocycles. The summed E-state index contributed by atoms with van der Waals surface area (Å²) in [7, 11) is 0. The Morgan fingerprint density at radius 2 is 1.87 bits per heavy atom. The first-order chi connectivity index (χ1) is 10.7. The molecule has 23 heavy (non-hydrogen) atoms. The summed E-state index contributed by atoms with van der Waals surface area (Å²) in [6.45, 7) is 8.96. The van der Waals surface area contributed by atoms with Crippen molar-refractivity contribution in [3.05, 3.63) is 28.3 Å². The van der Waals surface area contributed by atoms with Gasteiger partial charge >= 0.3 is 0 Å². The van der Waals surface area contributed by atoms with E-state index in [4.69, 9.17) is 22.1 Å². The van der Waals surface area contributed by atoms with Gasteiger partial charge < -0.3 is 15.4 Å². The number of benzene rings is 1. The molecular weight excluding hydrogens is 312 g/mol. The van der Waals surface area contributed by atoms with Crippen LogP contribution in [0.2, 0.25) is 5.02 Å². The van der Waals surface area contributed by atoms with Crippen LogP contribution in [0.1, 0.15) is 44.2 Å². The van der Waals surface area contributed by atoms with Crippen molar-refractivity contribution in [3.8, 4) is 5.75 Å². The summed E-state index contributed by atoms with van der Waals surface area (Å²) in [6, 6.07) is 3.95. The number of amides is 1. The predicted molar refractivity (Wildman–Crippen MR) is 94.0 cm³/mol. The maximum atomic E-state index is 12.9. The van der Waals surface area contributed by atoms with E-state index in [1.54, 1.807) is 0 Å². The number of ether oxygens (including phenoxy) is 1. The number of nitrogens with zero attached hydrogens (tertiary/aromatic N) is 1. The van der Waals surface area contributed by atoms with Crippen LogP contribution in [0.4, 0.5) is 0 Å². The highest BCUT2D eigenvalue weighted by molar-refractivity contribution is 6.32. The van der Waals surface area contributed by atoms with Gasteiger partial charge in [-0.1, -0.05) is 11.6 Å². The molecule has 2 N–H and O–H groups in total. The lowest BCUT2D eigenvalue weighted by molar-refractivity contribution is -0.145. The normalized spacial score (nSPS) is 19.4. The van der Waals surface area contributed by atoms with E-state index in [0.29, 0.717) is 12.3 Å². The van der Waals surface area contributed by atoms with Crippen LogP contribution in [0.5, 0.6) is 5.75 Å². The second-order valence-electron chi connectivity index (χ2n) is 6.97. The Hall–Kier alpha value is -1.26. The van der Waals surface area contributed by atoms with Crippen molar-refractivity contribution in [2.24, 2.45) is 5.73 Å². The third kappa shape index (κ3) is 4.39. The Bertz CT molecular complexity index is 563. The van der Waals surface area contributed by atoms with Gasteiger partial charge in [-0.25, -0.2) is 0 Å². The molecule has 0 aliphatic carbocycles. The van der Waals surface area contributed by atoms with Gasteiger partial charge in [-0.15, -0.1) is 0 Å². The van der Waals surface area contributed by atoms with Crippen LogP contribution >= 0.6 is 11.6 Å². The van der Waals surface area contributed by atoms with Crippen molar-refractivity contribution in [3.63, 3.8) is 0 Å². The Morgan fingerprint density at radius 3 is 2.48 bits per heavy atom. The van der Waals surface area contributed by atoms with Crippen LogP contribution in [0, 0.1) is 13.8 Å². The van der Waals surface area contributed by atoms with Crippen molar-refractivity contribution >= 4 is 17.5 Å². The minimum Gasteiger partial charge on any atom is -0.478 e. The minimum absolute atomic E-state index is 0.0110. The Kier molecular flexibility index (Phi) is 5.58. The molecule has 1 aromatic carbocycles. The third-order valence-corrected chi connectivity index (χ3v) is 4.95. The predicted octanol–water partition coefficient (Wildman–Crippen LogP) is 3.45. The van der Waals surface area contributed by atoms with Gasteiger partial charge in [0.05, 0.1) is 0 Å². The lowest BCUT2D eigenvalue weighted by Gasteiger charge is -2.32. The average molecular weight is 339 g/mol. The van der Waals surface area contributed by atoms with Crippen molar-refractivity contribution in [1.29, 1.82) is 0 Å². The van der Waals surface area contributed by atoms with Gasteiger partial charge in [0.15, 0.2) is 5.60 Å². The number of halogens is 1. The van der Waals surface area contributed by atoms with Crippen LogP contribution in [0.25, 0.3) is 0 Å². The van der Waals surface area contributed by atoms with Crippen molar-refractivity contribution in [1.82, 2.24) is 4.90 Å². The van der Waals surface area contributed by atoms with Gasteiger partial charge in [0, 0.05) is 24.2 Å². The second-order valence-corrected chi connectivity index (χ2v) is 7.34. The SMILES string of the molecule is Cc1cc(OC(C)(C)C(=O)N2CCC[C@@H](N)CC2)cc(C)c1Cl. The van der Waals surface area contributed by atoms with E-state index in [9.17, 15) is 4.79 Å². The number of nitrogens with two attached hydrogens (primary N) is 1. The molecule has 1 aliphatic heterocycles. The Morgan fingerprint density at radius 1 is 1.26 bits per heavy atom. The zero-order valence-electron chi connectivity index (χ0n) is 14.5. The molecule has 1 fully saturated rings. The van der Waals surface area contributed by atoms with Gasteiger partial charge in [0.1, 0.15) is 5.75 Å². The van der Waals surface area contributed by atoms with Gasteiger partial charge in [-0.3, -0.25) is 4.79 Å². The first-order valence-electron chi connectivity index (χ1n) is 8.21. The smallest absolute Gasteiger partial charge is 0.266 e. The fourth-order valence-electron chi connectivity index (χ4n) is 3.01. The number of carbonyl (C=O) groups excluding carboxylic acids is 1. The van der Waals surface area contributed by atoms with E-state index in [1.807, 2.05) is 44.7 Å². The van der Waals surface area contributed by atoms with Gasteiger partial charge in [-0.05, 0) is 70.2 Å². The molecule has 1 aliphatic rings. The number of likely N-dealkylation sites (tertiary alicyclic amines) is 1. The lowest BCUT2D eigenvalue weighted by atomic mass is 10.1. The number of rotatable bonds is 3. The molecule has 1 aromatic rings. The molecule has 0 bridgehead atoms. The van der Waals surface area contributed by atoms with E-state index in [1.165, 1.54) is 0 Å². The highest BCUT2D eigenvalue weighted by Gasteiger charge is 2.35. The number of carbonyl (C=O) groups is 1. The largest absolute Gasteiger partial charge is 0.478 e.